The number of amides is 2. The second-order valence-electron chi connectivity index (χ2n) is 8.72. The number of fused-ring (bicyclic) bond motifs is 1. The Morgan fingerprint density at radius 1 is 1.18 bits per heavy atom. The number of hydrogen-bond donors (Lipinski definition) is 2. The van der Waals surface area contributed by atoms with E-state index < -0.39 is 0 Å². The molecule has 1 atom stereocenters. The second-order valence-corrected chi connectivity index (χ2v) is 9.16. The van der Waals surface area contributed by atoms with Gasteiger partial charge in [-0.2, -0.15) is 10.2 Å². The number of carbonyl (C=O) groups is 1. The zero-order valence-corrected chi connectivity index (χ0v) is 20.5. The van der Waals surface area contributed by atoms with E-state index in [1.54, 1.807) is 7.05 Å². The van der Waals surface area contributed by atoms with E-state index in [9.17, 15) is 10.0 Å². The summed E-state index contributed by atoms with van der Waals surface area (Å²) in [4.78, 5) is 14.9. The Kier molecular flexibility index (Phi) is 8.05. The van der Waals surface area contributed by atoms with Crippen LogP contribution >= 0.6 is 11.6 Å². The van der Waals surface area contributed by atoms with Crippen LogP contribution in [0.25, 0.3) is 0 Å². The maximum Gasteiger partial charge on any atom is 0.337 e. The smallest absolute Gasteiger partial charge is 0.337 e. The van der Waals surface area contributed by atoms with Gasteiger partial charge in [0, 0.05) is 55.9 Å². The summed E-state index contributed by atoms with van der Waals surface area (Å²) in [7, 11) is 1.61. The molecular formula is C25H32ClN5O3. The SMILES string of the molecule is CNC(=O)N1N=C(c2ccc(Cl)cc2)c2cc(OCCCN3CCN(O)CC3)ccc2CC1C. The largest absolute Gasteiger partial charge is 0.494 e. The number of urea groups is 1. The van der Waals surface area contributed by atoms with Crippen molar-refractivity contribution in [3.63, 3.8) is 0 Å². The molecule has 2 N–H and O–H groups in total. The van der Waals surface area contributed by atoms with Gasteiger partial charge in [-0.1, -0.05) is 29.8 Å². The third-order valence-corrected chi connectivity index (χ3v) is 6.50. The number of piperazine rings is 1. The van der Waals surface area contributed by atoms with Crippen LogP contribution in [-0.2, 0) is 6.42 Å². The quantitative estimate of drug-likeness (QED) is 0.612. The highest BCUT2D eigenvalue weighted by atomic mass is 35.5. The first-order valence-electron chi connectivity index (χ1n) is 11.7. The topological polar surface area (TPSA) is 80.6 Å². The molecular weight excluding hydrogens is 454 g/mol. The van der Waals surface area contributed by atoms with Gasteiger partial charge in [-0.05, 0) is 49.6 Å². The number of benzene rings is 2. The van der Waals surface area contributed by atoms with E-state index in [2.05, 4.69) is 16.3 Å². The summed E-state index contributed by atoms with van der Waals surface area (Å²) in [5.74, 6) is 0.779. The number of hydrazone groups is 1. The Hall–Kier alpha value is -2.65. The Labute approximate surface area is 205 Å². The lowest BCUT2D eigenvalue weighted by Gasteiger charge is -2.30. The lowest BCUT2D eigenvalue weighted by Crippen LogP contribution is -2.45. The van der Waals surface area contributed by atoms with Gasteiger partial charge >= 0.3 is 6.03 Å². The molecule has 182 valence electrons. The van der Waals surface area contributed by atoms with E-state index in [4.69, 9.17) is 21.4 Å². The highest BCUT2D eigenvalue weighted by Gasteiger charge is 2.27. The molecule has 1 fully saturated rings. The summed E-state index contributed by atoms with van der Waals surface area (Å²) in [6, 6.07) is 13.2. The average Bonchev–Trinajstić information content (AvgIpc) is 2.99. The number of ether oxygens (including phenoxy) is 1. The minimum absolute atomic E-state index is 0.102. The van der Waals surface area contributed by atoms with Crippen molar-refractivity contribution in [2.45, 2.75) is 25.8 Å². The van der Waals surface area contributed by atoms with E-state index in [1.807, 2.05) is 43.3 Å². The number of halogens is 1. The first-order valence-corrected chi connectivity index (χ1v) is 12.1. The van der Waals surface area contributed by atoms with Crippen LogP contribution in [0.2, 0.25) is 5.02 Å². The van der Waals surface area contributed by atoms with Crippen molar-refractivity contribution in [2.75, 3.05) is 46.4 Å². The van der Waals surface area contributed by atoms with Crippen LogP contribution in [0.5, 0.6) is 5.75 Å². The summed E-state index contributed by atoms with van der Waals surface area (Å²) in [6.45, 7) is 6.65. The van der Waals surface area contributed by atoms with Crippen molar-refractivity contribution in [3.05, 3.63) is 64.2 Å². The predicted octanol–water partition coefficient (Wildman–Crippen LogP) is 3.45. The third-order valence-electron chi connectivity index (χ3n) is 6.25. The molecule has 2 aromatic carbocycles. The number of nitrogens with one attached hydrogen (secondary N) is 1. The molecule has 0 spiro atoms. The number of carbonyl (C=O) groups excluding carboxylic acids is 1. The monoisotopic (exact) mass is 485 g/mol. The molecule has 2 heterocycles. The molecule has 1 saturated heterocycles. The summed E-state index contributed by atoms with van der Waals surface area (Å²) in [5.41, 5.74) is 3.67. The molecule has 2 aliphatic heterocycles. The molecule has 0 aliphatic carbocycles. The Morgan fingerprint density at radius 3 is 2.62 bits per heavy atom. The fraction of sp³-hybridized carbons (Fsp3) is 0.440. The van der Waals surface area contributed by atoms with Crippen molar-refractivity contribution in [2.24, 2.45) is 5.10 Å². The zero-order chi connectivity index (χ0) is 24.1. The van der Waals surface area contributed by atoms with Crippen LogP contribution < -0.4 is 10.1 Å². The first kappa shape index (κ1) is 24.5. The fourth-order valence-corrected chi connectivity index (χ4v) is 4.45. The lowest BCUT2D eigenvalue weighted by atomic mass is 9.94. The third kappa shape index (κ3) is 5.88. The van der Waals surface area contributed by atoms with E-state index in [1.165, 1.54) is 10.1 Å². The normalized spacial score (nSPS) is 19.2. The highest BCUT2D eigenvalue weighted by Crippen LogP contribution is 2.28. The lowest BCUT2D eigenvalue weighted by molar-refractivity contribution is -0.117. The summed E-state index contributed by atoms with van der Waals surface area (Å²) in [5, 5.41) is 20.5. The van der Waals surface area contributed by atoms with Crippen LogP contribution in [-0.4, -0.2) is 84.3 Å². The van der Waals surface area contributed by atoms with Crippen LogP contribution in [0.15, 0.2) is 47.6 Å². The highest BCUT2D eigenvalue weighted by molar-refractivity contribution is 6.30. The number of hydroxylamine groups is 2. The maximum atomic E-state index is 12.5. The van der Waals surface area contributed by atoms with Gasteiger partial charge in [0.25, 0.3) is 0 Å². The van der Waals surface area contributed by atoms with E-state index in [0.717, 1.165) is 48.5 Å². The van der Waals surface area contributed by atoms with Crippen LogP contribution in [0, 0.1) is 0 Å². The van der Waals surface area contributed by atoms with Crippen LogP contribution in [0.4, 0.5) is 4.79 Å². The molecule has 1 unspecified atom stereocenters. The van der Waals surface area contributed by atoms with Gasteiger partial charge in [0.15, 0.2) is 0 Å². The number of rotatable bonds is 6. The Bertz CT molecular complexity index is 1020. The molecule has 2 aliphatic rings. The van der Waals surface area contributed by atoms with Gasteiger partial charge in [0.05, 0.1) is 18.4 Å². The van der Waals surface area contributed by atoms with Crippen molar-refractivity contribution in [1.82, 2.24) is 20.3 Å². The van der Waals surface area contributed by atoms with Crippen molar-refractivity contribution >= 4 is 23.3 Å². The molecule has 34 heavy (non-hydrogen) atoms. The van der Waals surface area contributed by atoms with E-state index in [0.29, 0.717) is 36.9 Å². The average molecular weight is 486 g/mol. The molecule has 4 rings (SSSR count). The number of nitrogens with zero attached hydrogens (tertiary/aromatic N) is 4. The van der Waals surface area contributed by atoms with Gasteiger partial charge in [0.1, 0.15) is 5.75 Å². The minimum Gasteiger partial charge on any atom is -0.494 e. The molecule has 0 saturated carbocycles. The van der Waals surface area contributed by atoms with Crippen molar-refractivity contribution in [3.8, 4) is 5.75 Å². The molecule has 2 amide bonds. The van der Waals surface area contributed by atoms with Gasteiger partial charge in [-0.25, -0.2) is 9.80 Å². The second kappa shape index (κ2) is 11.2. The fourth-order valence-electron chi connectivity index (χ4n) is 4.33. The van der Waals surface area contributed by atoms with Crippen molar-refractivity contribution in [1.29, 1.82) is 0 Å². The van der Waals surface area contributed by atoms with Gasteiger partial charge in [-0.3, -0.25) is 0 Å². The molecule has 0 radical (unpaired) electrons. The molecule has 2 aromatic rings. The first-order chi connectivity index (χ1) is 16.4. The number of hydrogen-bond acceptors (Lipinski definition) is 6. The van der Waals surface area contributed by atoms with E-state index >= 15 is 0 Å². The molecule has 9 heteroatoms. The molecule has 8 nitrogen and oxygen atoms in total. The summed E-state index contributed by atoms with van der Waals surface area (Å²) in [6.07, 6.45) is 1.59. The summed E-state index contributed by atoms with van der Waals surface area (Å²) >= 11 is 6.11. The molecule has 0 aromatic heterocycles. The maximum absolute atomic E-state index is 12.5. The Balaban J connectivity index is 1.53. The minimum atomic E-state index is -0.245. The predicted molar refractivity (Wildman–Crippen MR) is 133 cm³/mol. The van der Waals surface area contributed by atoms with Crippen molar-refractivity contribution < 1.29 is 14.7 Å². The van der Waals surface area contributed by atoms with Crippen LogP contribution in [0.3, 0.4) is 0 Å². The van der Waals surface area contributed by atoms with Gasteiger partial charge in [-0.15, -0.1) is 0 Å². The van der Waals surface area contributed by atoms with Gasteiger partial charge in [0.2, 0.25) is 0 Å². The standard InChI is InChI=1S/C25H32ClN5O3/c1-18-16-20-6-9-22(34-15-3-10-29-11-13-30(33)14-12-29)17-23(20)24(28-31(18)25(32)27-2)19-4-7-21(26)8-5-19/h4-9,17-18,33H,3,10-16H2,1-2H3,(H,27,32). The zero-order valence-electron chi connectivity index (χ0n) is 19.7. The van der Waals surface area contributed by atoms with Gasteiger partial charge < -0.3 is 20.2 Å². The molecule has 0 bridgehead atoms. The summed E-state index contributed by atoms with van der Waals surface area (Å²) < 4.78 is 6.10. The van der Waals surface area contributed by atoms with Crippen LogP contribution in [0.1, 0.15) is 30.0 Å². The van der Waals surface area contributed by atoms with E-state index in [-0.39, 0.29) is 12.1 Å². The Morgan fingerprint density at radius 2 is 1.91 bits per heavy atom.